The smallest absolute Gasteiger partial charge is 0.0493 e. The van der Waals surface area contributed by atoms with Crippen LogP contribution in [0.5, 0.6) is 0 Å². The highest BCUT2D eigenvalue weighted by Gasteiger charge is 2.26. The van der Waals surface area contributed by atoms with Gasteiger partial charge in [0.15, 0.2) is 0 Å². The molecular formula is C23H39N. The van der Waals surface area contributed by atoms with Gasteiger partial charge in [0.05, 0.1) is 0 Å². The van der Waals surface area contributed by atoms with Crippen molar-refractivity contribution in [2.75, 3.05) is 0 Å². The fourth-order valence-corrected chi connectivity index (χ4v) is 3.00. The van der Waals surface area contributed by atoms with Crippen molar-refractivity contribution in [3.05, 3.63) is 41.6 Å². The predicted molar refractivity (Wildman–Crippen MR) is 113 cm³/mol. The minimum atomic E-state index is 0.175. The van der Waals surface area contributed by atoms with E-state index in [1.807, 2.05) is 41.5 Å². The molecule has 1 aliphatic rings. The molecule has 2 aromatic rings. The van der Waals surface area contributed by atoms with Gasteiger partial charge in [-0.1, -0.05) is 72.7 Å². The number of nitrogens with zero attached hydrogens (tertiary/aromatic N) is 1. The van der Waals surface area contributed by atoms with Gasteiger partial charge in [-0.2, -0.15) is 0 Å². The molecular weight excluding hydrogens is 290 g/mol. The fraction of sp³-hybridized carbons (Fsp3) is 0.565. The summed E-state index contributed by atoms with van der Waals surface area (Å²) in [5.74, 6) is 0. The third-order valence-electron chi connectivity index (χ3n) is 4.33. The lowest BCUT2D eigenvalue weighted by Crippen LogP contribution is -2.26. The summed E-state index contributed by atoms with van der Waals surface area (Å²) in [6, 6.07) is 8.85. The van der Waals surface area contributed by atoms with Crippen molar-refractivity contribution in [2.45, 2.75) is 87.1 Å². The largest absolute Gasteiger partial charge is 0.335 e. The van der Waals surface area contributed by atoms with Crippen LogP contribution in [0.15, 0.2) is 30.3 Å². The van der Waals surface area contributed by atoms with E-state index in [0.29, 0.717) is 0 Å². The van der Waals surface area contributed by atoms with E-state index in [2.05, 4.69) is 61.8 Å². The SMILES string of the molecule is CC.CC.CC.CCC(C)(C)n1c2c(c3ccccc31)CCC=C2. The minimum Gasteiger partial charge on any atom is -0.335 e. The lowest BCUT2D eigenvalue weighted by atomic mass is 9.99. The molecule has 0 unspecified atom stereocenters. The lowest BCUT2D eigenvalue weighted by Gasteiger charge is -2.29. The molecule has 0 fully saturated rings. The van der Waals surface area contributed by atoms with Crippen LogP contribution >= 0.6 is 0 Å². The molecule has 24 heavy (non-hydrogen) atoms. The second kappa shape index (κ2) is 11.1. The summed E-state index contributed by atoms with van der Waals surface area (Å²) in [5.41, 5.74) is 4.53. The zero-order chi connectivity index (χ0) is 18.8. The molecule has 136 valence electrons. The van der Waals surface area contributed by atoms with Crippen molar-refractivity contribution >= 4 is 17.0 Å². The van der Waals surface area contributed by atoms with Crippen LogP contribution in [0, 0.1) is 0 Å². The van der Waals surface area contributed by atoms with Gasteiger partial charge in [-0.15, -0.1) is 0 Å². The summed E-state index contributed by atoms with van der Waals surface area (Å²) in [5, 5.41) is 1.44. The highest BCUT2D eigenvalue weighted by molar-refractivity contribution is 5.89. The van der Waals surface area contributed by atoms with Gasteiger partial charge in [0, 0.05) is 22.1 Å². The highest BCUT2D eigenvalue weighted by Crippen LogP contribution is 2.36. The number of hydrogen-bond acceptors (Lipinski definition) is 0. The number of hydrogen-bond donors (Lipinski definition) is 0. The Balaban J connectivity index is 0.000000798. The number of benzene rings is 1. The Bertz CT molecular complexity index is 614. The maximum Gasteiger partial charge on any atom is 0.0493 e. The molecule has 0 spiro atoms. The maximum absolute atomic E-state index is 2.54. The van der Waals surface area contributed by atoms with E-state index >= 15 is 0 Å². The molecule has 0 saturated carbocycles. The third kappa shape index (κ3) is 4.53. The summed E-state index contributed by atoms with van der Waals surface area (Å²) in [7, 11) is 0. The van der Waals surface area contributed by atoms with Crippen LogP contribution < -0.4 is 0 Å². The quantitative estimate of drug-likeness (QED) is 0.529. The molecule has 1 heteroatoms. The van der Waals surface area contributed by atoms with E-state index in [0.717, 1.165) is 6.42 Å². The standard InChI is InChI=1S/C17H21N.3C2H6/c1-4-17(2,3)18-15-11-7-5-9-13(15)14-10-6-8-12-16(14)18;3*1-2/h5,7-9,11-12H,4,6,10H2,1-3H3;3*1-2H3. The molecule has 0 amide bonds. The van der Waals surface area contributed by atoms with Crippen molar-refractivity contribution < 1.29 is 0 Å². The Kier molecular flexibility index (Phi) is 10.4. The highest BCUT2D eigenvalue weighted by atomic mass is 15.1. The topological polar surface area (TPSA) is 4.93 Å². The fourth-order valence-electron chi connectivity index (χ4n) is 3.00. The van der Waals surface area contributed by atoms with Crippen molar-refractivity contribution in [3.8, 4) is 0 Å². The molecule has 1 aliphatic carbocycles. The van der Waals surface area contributed by atoms with Gasteiger partial charge in [0.25, 0.3) is 0 Å². The van der Waals surface area contributed by atoms with Gasteiger partial charge >= 0.3 is 0 Å². The number of fused-ring (bicyclic) bond motifs is 3. The zero-order valence-corrected chi connectivity index (χ0v) is 17.5. The monoisotopic (exact) mass is 329 g/mol. The summed E-state index contributed by atoms with van der Waals surface area (Å²) in [6.45, 7) is 18.9. The average Bonchev–Trinajstić information content (AvgIpc) is 3.02. The molecule has 0 aliphatic heterocycles. The average molecular weight is 330 g/mol. The van der Waals surface area contributed by atoms with Crippen molar-refractivity contribution in [2.24, 2.45) is 0 Å². The first-order chi connectivity index (χ1) is 11.6. The maximum atomic E-state index is 2.54. The summed E-state index contributed by atoms with van der Waals surface area (Å²) >= 11 is 0. The Morgan fingerprint density at radius 2 is 1.54 bits per heavy atom. The number of rotatable bonds is 2. The van der Waals surface area contributed by atoms with Crippen LogP contribution in [0.25, 0.3) is 17.0 Å². The molecule has 1 aromatic heterocycles. The van der Waals surface area contributed by atoms with E-state index < -0.39 is 0 Å². The summed E-state index contributed by atoms with van der Waals surface area (Å²) in [6.07, 6.45) is 8.12. The predicted octanol–water partition coefficient (Wildman–Crippen LogP) is 7.82. The molecule has 3 rings (SSSR count). The molecule has 0 bridgehead atoms. The number of para-hydroxylation sites is 1. The molecule has 0 N–H and O–H groups in total. The van der Waals surface area contributed by atoms with Gasteiger partial charge in [-0.3, -0.25) is 0 Å². The minimum absolute atomic E-state index is 0.175. The van der Waals surface area contributed by atoms with Crippen LogP contribution in [0.1, 0.15) is 86.4 Å². The van der Waals surface area contributed by atoms with Crippen LogP contribution in [0.2, 0.25) is 0 Å². The Morgan fingerprint density at radius 3 is 2.12 bits per heavy atom. The Morgan fingerprint density at radius 1 is 0.958 bits per heavy atom. The normalized spacial score (nSPS) is 12.0. The second-order valence-electron chi connectivity index (χ2n) is 5.82. The summed E-state index contributed by atoms with van der Waals surface area (Å²) < 4.78 is 2.54. The van der Waals surface area contributed by atoms with Crippen molar-refractivity contribution in [1.82, 2.24) is 4.57 Å². The summed E-state index contributed by atoms with van der Waals surface area (Å²) in [4.78, 5) is 0. The van der Waals surface area contributed by atoms with Crippen LogP contribution in [-0.2, 0) is 12.0 Å². The first-order valence-corrected chi connectivity index (χ1v) is 9.94. The lowest BCUT2D eigenvalue weighted by molar-refractivity contribution is 0.351. The number of aromatic nitrogens is 1. The van der Waals surface area contributed by atoms with E-state index in [9.17, 15) is 0 Å². The molecule has 1 nitrogen and oxygen atoms in total. The van der Waals surface area contributed by atoms with Crippen molar-refractivity contribution in [3.63, 3.8) is 0 Å². The van der Waals surface area contributed by atoms with Crippen LogP contribution in [0.4, 0.5) is 0 Å². The van der Waals surface area contributed by atoms with Crippen molar-refractivity contribution in [1.29, 1.82) is 0 Å². The first-order valence-electron chi connectivity index (χ1n) is 9.94. The molecule has 0 saturated heterocycles. The molecule has 1 heterocycles. The van der Waals surface area contributed by atoms with Crippen LogP contribution in [-0.4, -0.2) is 4.57 Å². The third-order valence-corrected chi connectivity index (χ3v) is 4.33. The number of aryl methyl sites for hydroxylation is 1. The van der Waals surface area contributed by atoms with E-state index in [1.165, 1.54) is 35.0 Å². The Hall–Kier alpha value is -1.50. The second-order valence-corrected chi connectivity index (χ2v) is 5.82. The van der Waals surface area contributed by atoms with Gasteiger partial charge in [0.2, 0.25) is 0 Å². The van der Waals surface area contributed by atoms with E-state index in [-0.39, 0.29) is 5.54 Å². The Labute approximate surface area is 150 Å². The molecule has 0 radical (unpaired) electrons. The van der Waals surface area contributed by atoms with Gasteiger partial charge < -0.3 is 4.57 Å². The van der Waals surface area contributed by atoms with E-state index in [1.54, 1.807) is 0 Å². The van der Waals surface area contributed by atoms with Gasteiger partial charge in [0.1, 0.15) is 0 Å². The van der Waals surface area contributed by atoms with Gasteiger partial charge in [-0.05, 0) is 50.8 Å². The zero-order valence-electron chi connectivity index (χ0n) is 17.5. The first kappa shape index (κ1) is 22.5. The van der Waals surface area contributed by atoms with Gasteiger partial charge in [-0.25, -0.2) is 0 Å². The molecule has 1 aromatic carbocycles. The van der Waals surface area contributed by atoms with E-state index in [4.69, 9.17) is 0 Å². The number of allylic oxidation sites excluding steroid dienone is 1. The molecule has 0 atom stereocenters. The van der Waals surface area contributed by atoms with Crippen LogP contribution in [0.3, 0.4) is 0 Å².